The summed E-state index contributed by atoms with van der Waals surface area (Å²) in [6, 6.07) is 0. The quantitative estimate of drug-likeness (QED) is 0.479. The Balaban J connectivity index is 0. The van der Waals surface area contributed by atoms with Crippen molar-refractivity contribution in [3.8, 4) is 0 Å². The summed E-state index contributed by atoms with van der Waals surface area (Å²) in [7, 11) is 0. The predicted octanol–water partition coefficient (Wildman–Crippen LogP) is -0.227. The average molecular weight is 148 g/mol. The highest BCUT2D eigenvalue weighted by Gasteiger charge is 2.04. The Morgan fingerprint density at radius 1 is 1.60 bits per heavy atom. The molecule has 4 heteroatoms. The van der Waals surface area contributed by atoms with Crippen LogP contribution < -0.4 is 11.5 Å². The molecule has 0 saturated heterocycles. The molecule has 0 unspecified atom stereocenters. The monoisotopic (exact) mass is 148 g/mol. The van der Waals surface area contributed by atoms with E-state index in [9.17, 15) is 0 Å². The number of carboxylic acids is 1. The fourth-order valence-corrected chi connectivity index (χ4v) is 0. The number of nitrogens with two attached hydrogens (primary N) is 2. The van der Waals surface area contributed by atoms with Gasteiger partial charge in [0.1, 0.15) is 0 Å². The molecule has 0 atom stereocenters. The van der Waals surface area contributed by atoms with Crippen LogP contribution in [0.5, 0.6) is 0 Å². The lowest BCUT2D eigenvalue weighted by atomic mass is 10.1. The molecule has 10 heavy (non-hydrogen) atoms. The number of carboxylic acid groups (broad SMARTS) is 1. The second kappa shape index (κ2) is 5.20. The topological polar surface area (TPSA) is 89.3 Å². The second-order valence-corrected chi connectivity index (χ2v) is 2.71. The minimum atomic E-state index is -0.833. The fourth-order valence-electron chi connectivity index (χ4n) is 0. The maximum Gasteiger partial charge on any atom is 0.300 e. The molecule has 0 aromatic rings. The van der Waals surface area contributed by atoms with Crippen LogP contribution in [0.15, 0.2) is 0 Å². The van der Waals surface area contributed by atoms with Gasteiger partial charge in [-0.15, -0.1) is 0 Å². The van der Waals surface area contributed by atoms with Crippen molar-refractivity contribution >= 4 is 5.97 Å². The first-order valence-electron chi connectivity index (χ1n) is 2.98. The first kappa shape index (κ1) is 12.1. The lowest BCUT2D eigenvalue weighted by Gasteiger charge is -2.13. The SMILES string of the molecule is CC(=O)O.CC(C)(N)CN. The van der Waals surface area contributed by atoms with Crippen LogP contribution >= 0.6 is 0 Å². The molecule has 0 spiro atoms. The first-order chi connectivity index (χ1) is 4.29. The zero-order valence-corrected chi connectivity index (χ0v) is 6.72. The predicted molar refractivity (Wildman–Crippen MR) is 40.6 cm³/mol. The molecule has 0 aliphatic rings. The maximum atomic E-state index is 9.00. The summed E-state index contributed by atoms with van der Waals surface area (Å²) in [5, 5.41) is 7.42. The molecule has 0 aromatic carbocycles. The van der Waals surface area contributed by atoms with E-state index < -0.39 is 5.97 Å². The summed E-state index contributed by atoms with van der Waals surface area (Å²) in [4.78, 5) is 9.00. The number of hydrogen-bond donors (Lipinski definition) is 3. The Morgan fingerprint density at radius 2 is 1.70 bits per heavy atom. The highest BCUT2D eigenvalue weighted by atomic mass is 16.4. The molecule has 5 N–H and O–H groups in total. The third-order valence-electron chi connectivity index (χ3n) is 0.526. The number of hydrogen-bond acceptors (Lipinski definition) is 3. The van der Waals surface area contributed by atoms with Crippen molar-refractivity contribution < 1.29 is 9.90 Å². The molecule has 0 bridgehead atoms. The molecule has 0 heterocycles. The van der Waals surface area contributed by atoms with Crippen LogP contribution in [0.1, 0.15) is 20.8 Å². The van der Waals surface area contributed by atoms with E-state index in [4.69, 9.17) is 21.4 Å². The molecule has 0 radical (unpaired) electrons. The third kappa shape index (κ3) is 52.8. The normalized spacial score (nSPS) is 9.70. The Bertz CT molecular complexity index is 92.4. The molecule has 0 aromatic heterocycles. The molecule has 62 valence electrons. The van der Waals surface area contributed by atoms with Crippen molar-refractivity contribution in [2.75, 3.05) is 6.54 Å². The van der Waals surface area contributed by atoms with Crippen LogP contribution in [0.3, 0.4) is 0 Å². The van der Waals surface area contributed by atoms with Gasteiger partial charge in [-0.2, -0.15) is 0 Å². The van der Waals surface area contributed by atoms with E-state index in [2.05, 4.69) is 0 Å². The molecular weight excluding hydrogens is 132 g/mol. The van der Waals surface area contributed by atoms with Gasteiger partial charge < -0.3 is 16.6 Å². The fraction of sp³-hybridized carbons (Fsp3) is 0.833. The molecular formula is C6H16N2O2. The summed E-state index contributed by atoms with van der Waals surface area (Å²) in [5.74, 6) is -0.833. The summed E-state index contributed by atoms with van der Waals surface area (Å²) >= 11 is 0. The minimum absolute atomic E-state index is 0.181. The lowest BCUT2D eigenvalue weighted by Crippen LogP contribution is -2.40. The molecule has 4 nitrogen and oxygen atoms in total. The Kier molecular flexibility index (Phi) is 6.29. The van der Waals surface area contributed by atoms with Gasteiger partial charge in [0.2, 0.25) is 0 Å². The van der Waals surface area contributed by atoms with Crippen LogP contribution in [0.4, 0.5) is 0 Å². The largest absolute Gasteiger partial charge is 0.481 e. The van der Waals surface area contributed by atoms with Gasteiger partial charge in [-0.05, 0) is 13.8 Å². The number of aliphatic carboxylic acids is 1. The summed E-state index contributed by atoms with van der Waals surface area (Å²) < 4.78 is 0. The van der Waals surface area contributed by atoms with Crippen molar-refractivity contribution in [1.82, 2.24) is 0 Å². The smallest absolute Gasteiger partial charge is 0.300 e. The Morgan fingerprint density at radius 3 is 1.70 bits per heavy atom. The van der Waals surface area contributed by atoms with Gasteiger partial charge in [0.05, 0.1) is 0 Å². The molecule has 0 rings (SSSR count). The molecule has 0 saturated carbocycles. The minimum Gasteiger partial charge on any atom is -0.481 e. The van der Waals surface area contributed by atoms with E-state index in [-0.39, 0.29) is 5.54 Å². The lowest BCUT2D eigenvalue weighted by molar-refractivity contribution is -0.134. The highest BCUT2D eigenvalue weighted by molar-refractivity contribution is 5.62. The highest BCUT2D eigenvalue weighted by Crippen LogP contribution is 1.88. The number of carbonyl (C=O) groups is 1. The average Bonchev–Trinajstić information content (AvgIpc) is 1.63. The van der Waals surface area contributed by atoms with E-state index in [1.165, 1.54) is 0 Å². The van der Waals surface area contributed by atoms with E-state index in [1.807, 2.05) is 13.8 Å². The zero-order valence-electron chi connectivity index (χ0n) is 6.72. The van der Waals surface area contributed by atoms with Gasteiger partial charge in [0, 0.05) is 19.0 Å². The molecule has 0 aliphatic heterocycles. The van der Waals surface area contributed by atoms with Gasteiger partial charge in [0.15, 0.2) is 0 Å². The van der Waals surface area contributed by atoms with Crippen molar-refractivity contribution in [1.29, 1.82) is 0 Å². The molecule has 0 fully saturated rings. The summed E-state index contributed by atoms with van der Waals surface area (Å²) in [6.45, 7) is 5.42. The van der Waals surface area contributed by atoms with E-state index in [0.29, 0.717) is 6.54 Å². The second-order valence-electron chi connectivity index (χ2n) is 2.71. The van der Waals surface area contributed by atoms with Crippen molar-refractivity contribution in [3.05, 3.63) is 0 Å². The number of rotatable bonds is 1. The van der Waals surface area contributed by atoms with Crippen LogP contribution in [-0.2, 0) is 4.79 Å². The van der Waals surface area contributed by atoms with Gasteiger partial charge >= 0.3 is 0 Å². The summed E-state index contributed by atoms with van der Waals surface area (Å²) in [5.41, 5.74) is 10.4. The third-order valence-corrected chi connectivity index (χ3v) is 0.526. The maximum absolute atomic E-state index is 9.00. The molecule has 0 aliphatic carbocycles. The van der Waals surface area contributed by atoms with Gasteiger partial charge in [-0.3, -0.25) is 4.79 Å². The standard InChI is InChI=1S/C4H12N2.C2H4O2/c1-4(2,6)3-5;1-2(3)4/h3,5-6H2,1-2H3;1H3,(H,3,4). The Labute approximate surface area is 61.2 Å². The van der Waals surface area contributed by atoms with Gasteiger partial charge in [-0.25, -0.2) is 0 Å². The van der Waals surface area contributed by atoms with Crippen molar-refractivity contribution in [3.63, 3.8) is 0 Å². The van der Waals surface area contributed by atoms with E-state index >= 15 is 0 Å². The first-order valence-corrected chi connectivity index (χ1v) is 2.98. The van der Waals surface area contributed by atoms with E-state index in [0.717, 1.165) is 6.92 Å². The van der Waals surface area contributed by atoms with Crippen molar-refractivity contribution in [2.24, 2.45) is 11.5 Å². The molecule has 0 amide bonds. The van der Waals surface area contributed by atoms with E-state index in [1.54, 1.807) is 0 Å². The van der Waals surface area contributed by atoms with Gasteiger partial charge in [-0.1, -0.05) is 0 Å². The summed E-state index contributed by atoms with van der Waals surface area (Å²) in [6.07, 6.45) is 0. The van der Waals surface area contributed by atoms with Crippen LogP contribution in [0.25, 0.3) is 0 Å². The van der Waals surface area contributed by atoms with Crippen molar-refractivity contribution in [2.45, 2.75) is 26.3 Å². The Hall–Kier alpha value is -0.610. The van der Waals surface area contributed by atoms with Gasteiger partial charge in [0.25, 0.3) is 5.97 Å². The van der Waals surface area contributed by atoms with Crippen LogP contribution in [0.2, 0.25) is 0 Å². The van der Waals surface area contributed by atoms with Crippen LogP contribution in [-0.4, -0.2) is 23.2 Å². The zero-order chi connectivity index (χ0) is 8.78. The van der Waals surface area contributed by atoms with Crippen LogP contribution in [0, 0.1) is 0 Å².